The third kappa shape index (κ3) is 5.35. The van der Waals surface area contributed by atoms with Gasteiger partial charge in [-0.25, -0.2) is 4.98 Å². The van der Waals surface area contributed by atoms with Gasteiger partial charge in [0.25, 0.3) is 0 Å². The first-order valence-electron chi connectivity index (χ1n) is 11.5. The summed E-state index contributed by atoms with van der Waals surface area (Å²) in [6, 6.07) is 15.8. The number of nitrogens with zero attached hydrogens (tertiary/aromatic N) is 4. The molecule has 0 aliphatic carbocycles. The summed E-state index contributed by atoms with van der Waals surface area (Å²) in [5.41, 5.74) is 1.87. The van der Waals surface area contributed by atoms with Crippen LogP contribution in [0.5, 0.6) is 11.5 Å². The fraction of sp³-hybridized carbons (Fsp3) is 0.360. The monoisotopic (exact) mass is 447 g/mol. The number of anilines is 1. The molecule has 5 rings (SSSR count). The van der Waals surface area contributed by atoms with E-state index in [0.29, 0.717) is 25.5 Å². The van der Waals surface area contributed by atoms with Crippen molar-refractivity contribution < 1.29 is 14.3 Å². The molecule has 3 aromatic rings. The van der Waals surface area contributed by atoms with Gasteiger partial charge in [0.05, 0.1) is 6.54 Å². The highest BCUT2D eigenvalue weighted by Gasteiger charge is 2.20. The van der Waals surface area contributed by atoms with E-state index in [1.54, 1.807) is 0 Å². The van der Waals surface area contributed by atoms with E-state index in [9.17, 15) is 4.79 Å². The Morgan fingerprint density at radius 2 is 1.67 bits per heavy atom. The second-order valence-electron chi connectivity index (χ2n) is 8.33. The van der Waals surface area contributed by atoms with Crippen LogP contribution in [-0.2, 0) is 11.3 Å². The van der Waals surface area contributed by atoms with Gasteiger partial charge in [0.15, 0.2) is 11.5 Å². The standard InChI is InChI=1S/C25H29N5O3/c31-24(27-21-6-7-22-23(18-21)33-17-16-32-22)19-29-12-10-28(11-13-29)14-15-30-9-8-26-25(30)20-4-2-1-3-5-20/h1-9,18H,10-17,19H2,(H,27,31). The van der Waals surface area contributed by atoms with Crippen LogP contribution in [0.1, 0.15) is 0 Å². The normalized spacial score (nSPS) is 16.5. The van der Waals surface area contributed by atoms with Gasteiger partial charge in [-0.2, -0.15) is 0 Å². The first-order chi connectivity index (χ1) is 16.2. The summed E-state index contributed by atoms with van der Waals surface area (Å²) in [6.07, 6.45) is 3.90. The number of hydrogen-bond donors (Lipinski definition) is 1. The van der Waals surface area contributed by atoms with Crippen molar-refractivity contribution in [2.45, 2.75) is 6.54 Å². The molecule has 0 unspecified atom stereocenters. The van der Waals surface area contributed by atoms with E-state index < -0.39 is 0 Å². The minimum Gasteiger partial charge on any atom is -0.486 e. The number of nitrogens with one attached hydrogen (secondary N) is 1. The molecule has 2 aliphatic rings. The summed E-state index contributed by atoms with van der Waals surface area (Å²) in [5.74, 6) is 2.40. The number of benzene rings is 2. The van der Waals surface area contributed by atoms with E-state index in [1.807, 2.05) is 48.8 Å². The summed E-state index contributed by atoms with van der Waals surface area (Å²) >= 11 is 0. The predicted molar refractivity (Wildman–Crippen MR) is 127 cm³/mol. The van der Waals surface area contributed by atoms with Crippen LogP contribution in [0.4, 0.5) is 5.69 Å². The van der Waals surface area contributed by atoms with E-state index >= 15 is 0 Å². The van der Waals surface area contributed by atoms with Crippen LogP contribution in [0.2, 0.25) is 0 Å². The molecule has 33 heavy (non-hydrogen) atoms. The van der Waals surface area contributed by atoms with Gasteiger partial charge in [-0.1, -0.05) is 30.3 Å². The van der Waals surface area contributed by atoms with Crippen LogP contribution < -0.4 is 14.8 Å². The highest BCUT2D eigenvalue weighted by molar-refractivity contribution is 5.92. The summed E-state index contributed by atoms with van der Waals surface area (Å²) in [4.78, 5) is 21.7. The molecule has 0 bridgehead atoms. The van der Waals surface area contributed by atoms with E-state index in [1.165, 1.54) is 0 Å². The van der Waals surface area contributed by atoms with Crippen LogP contribution >= 0.6 is 0 Å². The lowest BCUT2D eigenvalue weighted by molar-refractivity contribution is -0.117. The quantitative estimate of drug-likeness (QED) is 0.600. The molecule has 1 amide bonds. The Hall–Kier alpha value is -3.36. The Kier molecular flexibility index (Phi) is 6.55. The van der Waals surface area contributed by atoms with Crippen molar-refractivity contribution in [1.29, 1.82) is 0 Å². The molecule has 1 N–H and O–H groups in total. The number of rotatable bonds is 7. The van der Waals surface area contributed by atoms with Crippen LogP contribution in [0, 0.1) is 0 Å². The number of carbonyl (C=O) groups is 1. The van der Waals surface area contributed by atoms with Crippen molar-refractivity contribution >= 4 is 11.6 Å². The Morgan fingerprint density at radius 3 is 2.48 bits per heavy atom. The number of ether oxygens (including phenoxy) is 2. The van der Waals surface area contributed by atoms with Crippen molar-refractivity contribution in [3.63, 3.8) is 0 Å². The third-order valence-corrected chi connectivity index (χ3v) is 6.06. The molecule has 0 saturated carbocycles. The lowest BCUT2D eigenvalue weighted by Gasteiger charge is -2.34. The first-order valence-corrected chi connectivity index (χ1v) is 11.5. The summed E-state index contributed by atoms with van der Waals surface area (Å²) in [6.45, 7) is 7.00. The lowest BCUT2D eigenvalue weighted by atomic mass is 10.2. The van der Waals surface area contributed by atoms with Crippen LogP contribution in [0.15, 0.2) is 60.9 Å². The van der Waals surface area contributed by atoms with Gasteiger partial charge in [-0.15, -0.1) is 0 Å². The Balaban J connectivity index is 1.07. The number of amides is 1. The largest absolute Gasteiger partial charge is 0.486 e. The van der Waals surface area contributed by atoms with E-state index in [2.05, 4.69) is 36.8 Å². The lowest BCUT2D eigenvalue weighted by Crippen LogP contribution is -2.49. The van der Waals surface area contributed by atoms with Gasteiger partial charge in [0, 0.05) is 69.0 Å². The second kappa shape index (κ2) is 10.1. The van der Waals surface area contributed by atoms with Crippen LogP contribution in [-0.4, -0.2) is 77.7 Å². The highest BCUT2D eigenvalue weighted by atomic mass is 16.6. The topological polar surface area (TPSA) is 71.9 Å². The third-order valence-electron chi connectivity index (χ3n) is 6.06. The molecule has 8 heteroatoms. The number of fused-ring (bicyclic) bond motifs is 1. The zero-order chi connectivity index (χ0) is 22.5. The van der Waals surface area contributed by atoms with Crippen molar-refractivity contribution in [3.8, 4) is 22.9 Å². The zero-order valence-corrected chi connectivity index (χ0v) is 18.7. The number of aromatic nitrogens is 2. The average Bonchev–Trinajstić information content (AvgIpc) is 3.33. The molecule has 0 spiro atoms. The maximum absolute atomic E-state index is 12.5. The second-order valence-corrected chi connectivity index (χ2v) is 8.33. The molecule has 1 fully saturated rings. The summed E-state index contributed by atoms with van der Waals surface area (Å²) in [5, 5.41) is 2.98. The molecule has 2 aromatic carbocycles. The Bertz CT molecular complexity index is 1080. The minimum absolute atomic E-state index is 0.00829. The molecular formula is C25H29N5O3. The molecule has 0 radical (unpaired) electrons. The van der Waals surface area contributed by atoms with Gasteiger partial charge in [-0.3, -0.25) is 14.6 Å². The maximum atomic E-state index is 12.5. The summed E-state index contributed by atoms with van der Waals surface area (Å²) in [7, 11) is 0. The van der Waals surface area contributed by atoms with Gasteiger partial charge in [-0.05, 0) is 12.1 Å². The van der Waals surface area contributed by atoms with Crippen molar-refractivity contribution in [2.24, 2.45) is 0 Å². The maximum Gasteiger partial charge on any atom is 0.238 e. The number of carbonyl (C=O) groups excluding carboxylic acids is 1. The molecule has 3 heterocycles. The minimum atomic E-state index is -0.00829. The van der Waals surface area contributed by atoms with Gasteiger partial charge in [0.2, 0.25) is 5.91 Å². The van der Waals surface area contributed by atoms with Gasteiger partial charge >= 0.3 is 0 Å². The Labute approximate surface area is 193 Å². The van der Waals surface area contributed by atoms with Gasteiger partial charge < -0.3 is 19.4 Å². The molecule has 172 valence electrons. The fourth-order valence-corrected chi connectivity index (χ4v) is 4.28. The number of imidazole rings is 1. The van der Waals surface area contributed by atoms with Crippen LogP contribution in [0.3, 0.4) is 0 Å². The summed E-state index contributed by atoms with van der Waals surface area (Å²) < 4.78 is 13.3. The average molecular weight is 448 g/mol. The molecule has 0 atom stereocenters. The van der Waals surface area contributed by atoms with Crippen molar-refractivity contribution in [1.82, 2.24) is 19.4 Å². The molecule has 1 aromatic heterocycles. The molecule has 2 aliphatic heterocycles. The SMILES string of the molecule is O=C(CN1CCN(CCn2ccnc2-c2ccccc2)CC1)Nc1ccc2c(c1)OCCO2. The van der Waals surface area contributed by atoms with E-state index in [0.717, 1.165) is 62.1 Å². The van der Waals surface area contributed by atoms with E-state index in [-0.39, 0.29) is 5.91 Å². The van der Waals surface area contributed by atoms with Crippen LogP contribution in [0.25, 0.3) is 11.4 Å². The first kappa shape index (κ1) is 21.5. The van der Waals surface area contributed by atoms with Crippen molar-refractivity contribution in [2.75, 3.05) is 57.8 Å². The zero-order valence-electron chi connectivity index (χ0n) is 18.7. The Morgan fingerprint density at radius 1 is 0.909 bits per heavy atom. The van der Waals surface area contributed by atoms with Gasteiger partial charge in [0.1, 0.15) is 19.0 Å². The smallest absolute Gasteiger partial charge is 0.238 e. The van der Waals surface area contributed by atoms with E-state index in [4.69, 9.17) is 9.47 Å². The molecule has 8 nitrogen and oxygen atoms in total. The number of hydrogen-bond acceptors (Lipinski definition) is 6. The van der Waals surface area contributed by atoms with Crippen molar-refractivity contribution in [3.05, 3.63) is 60.9 Å². The number of piperazine rings is 1. The predicted octanol–water partition coefficient (Wildman–Crippen LogP) is 2.58. The molecule has 1 saturated heterocycles. The highest BCUT2D eigenvalue weighted by Crippen LogP contribution is 2.32. The fourth-order valence-electron chi connectivity index (χ4n) is 4.28. The molecular weight excluding hydrogens is 418 g/mol.